The molecule has 0 atom stereocenters. The van der Waals surface area contributed by atoms with Crippen LogP contribution in [-0.2, 0) is 6.54 Å². The lowest BCUT2D eigenvalue weighted by Gasteiger charge is -2.18. The second-order valence-electron chi connectivity index (χ2n) is 5.58. The Labute approximate surface area is 142 Å². The molecule has 0 aliphatic carbocycles. The monoisotopic (exact) mass is 325 g/mol. The molecule has 0 fully saturated rings. The van der Waals surface area contributed by atoms with Crippen molar-refractivity contribution in [2.75, 3.05) is 13.1 Å². The van der Waals surface area contributed by atoms with Crippen molar-refractivity contribution in [2.45, 2.75) is 27.3 Å². The van der Waals surface area contributed by atoms with E-state index in [1.54, 1.807) is 17.0 Å². The summed E-state index contributed by atoms with van der Waals surface area (Å²) in [5.74, 6) is -0.375. The van der Waals surface area contributed by atoms with Gasteiger partial charge in [0, 0.05) is 31.4 Å². The summed E-state index contributed by atoms with van der Waals surface area (Å²) in [6.45, 7) is 7.52. The van der Waals surface area contributed by atoms with Crippen molar-refractivity contribution in [1.29, 1.82) is 0 Å². The van der Waals surface area contributed by atoms with Crippen LogP contribution in [0.1, 0.15) is 45.8 Å². The fourth-order valence-electron chi connectivity index (χ4n) is 2.35. The summed E-state index contributed by atoms with van der Waals surface area (Å²) in [5.41, 5.74) is 2.94. The molecule has 5 heteroatoms. The van der Waals surface area contributed by atoms with E-state index in [0.717, 1.165) is 5.56 Å². The molecule has 0 bridgehead atoms. The third-order valence-electron chi connectivity index (χ3n) is 3.87. The largest absolute Gasteiger partial charge is 0.348 e. The van der Waals surface area contributed by atoms with Crippen molar-refractivity contribution < 1.29 is 9.59 Å². The summed E-state index contributed by atoms with van der Waals surface area (Å²) in [7, 11) is 0. The maximum atomic E-state index is 12.3. The van der Waals surface area contributed by atoms with E-state index in [9.17, 15) is 9.59 Å². The quantitative estimate of drug-likeness (QED) is 0.888. The minimum absolute atomic E-state index is 0.159. The molecular weight excluding hydrogens is 302 g/mol. The standard InChI is InChI=1S/C19H23N3O2/c1-4-22(5-2)19(24)17-12-16(10-11-20-17)18(23)21-13-15-8-6-14(3)7-9-15/h6-12H,4-5,13H2,1-3H3,(H,21,23). The van der Waals surface area contributed by atoms with Crippen LogP contribution in [0.5, 0.6) is 0 Å². The number of carbonyl (C=O) groups excluding carboxylic acids is 2. The number of carbonyl (C=O) groups is 2. The zero-order chi connectivity index (χ0) is 17.5. The lowest BCUT2D eigenvalue weighted by molar-refractivity contribution is 0.0767. The summed E-state index contributed by atoms with van der Waals surface area (Å²) in [6.07, 6.45) is 1.50. The van der Waals surface area contributed by atoms with Gasteiger partial charge in [-0.3, -0.25) is 14.6 Å². The molecule has 1 heterocycles. The van der Waals surface area contributed by atoms with Crippen LogP contribution < -0.4 is 5.32 Å². The zero-order valence-electron chi connectivity index (χ0n) is 14.4. The molecule has 5 nitrogen and oxygen atoms in total. The van der Waals surface area contributed by atoms with E-state index in [1.165, 1.54) is 11.8 Å². The van der Waals surface area contributed by atoms with E-state index in [1.807, 2.05) is 45.0 Å². The molecule has 0 aliphatic rings. The predicted molar refractivity (Wildman–Crippen MR) is 93.8 cm³/mol. The first kappa shape index (κ1) is 17.7. The Bertz CT molecular complexity index is 707. The van der Waals surface area contributed by atoms with Crippen LogP contribution in [0.15, 0.2) is 42.6 Å². The number of aryl methyl sites for hydroxylation is 1. The van der Waals surface area contributed by atoms with E-state index in [0.29, 0.717) is 30.9 Å². The molecule has 0 radical (unpaired) electrons. The predicted octanol–water partition coefficient (Wildman–Crippen LogP) is 2.80. The van der Waals surface area contributed by atoms with E-state index >= 15 is 0 Å². The SMILES string of the molecule is CCN(CC)C(=O)c1cc(C(=O)NCc2ccc(C)cc2)ccn1. The van der Waals surface area contributed by atoms with Crippen molar-refractivity contribution in [3.05, 3.63) is 65.0 Å². The Hall–Kier alpha value is -2.69. The Balaban J connectivity index is 2.05. The van der Waals surface area contributed by atoms with Gasteiger partial charge in [0.05, 0.1) is 0 Å². The number of hydrogen-bond acceptors (Lipinski definition) is 3. The van der Waals surface area contributed by atoms with Crippen LogP contribution in [0, 0.1) is 6.92 Å². The Kier molecular flexibility index (Phi) is 6.07. The summed E-state index contributed by atoms with van der Waals surface area (Å²) >= 11 is 0. The van der Waals surface area contributed by atoms with Crippen LogP contribution in [0.4, 0.5) is 0 Å². The van der Waals surface area contributed by atoms with E-state index in [2.05, 4.69) is 10.3 Å². The molecule has 2 aromatic rings. The van der Waals surface area contributed by atoms with Gasteiger partial charge in [-0.05, 0) is 38.5 Å². The average molecular weight is 325 g/mol. The number of aromatic nitrogens is 1. The van der Waals surface area contributed by atoms with Gasteiger partial charge in [0.2, 0.25) is 0 Å². The summed E-state index contributed by atoms with van der Waals surface area (Å²) in [6, 6.07) is 11.1. The van der Waals surface area contributed by atoms with Gasteiger partial charge in [-0.2, -0.15) is 0 Å². The molecule has 0 aliphatic heterocycles. The van der Waals surface area contributed by atoms with Gasteiger partial charge < -0.3 is 10.2 Å². The molecule has 0 saturated carbocycles. The highest BCUT2D eigenvalue weighted by molar-refractivity contribution is 5.98. The molecule has 24 heavy (non-hydrogen) atoms. The smallest absolute Gasteiger partial charge is 0.272 e. The molecule has 0 spiro atoms. The van der Waals surface area contributed by atoms with E-state index in [-0.39, 0.29) is 11.8 Å². The van der Waals surface area contributed by atoms with E-state index in [4.69, 9.17) is 0 Å². The lowest BCUT2D eigenvalue weighted by atomic mass is 10.1. The first-order chi connectivity index (χ1) is 11.5. The van der Waals surface area contributed by atoms with Crippen LogP contribution >= 0.6 is 0 Å². The number of nitrogens with zero attached hydrogens (tertiary/aromatic N) is 2. The highest BCUT2D eigenvalue weighted by Crippen LogP contribution is 2.07. The minimum Gasteiger partial charge on any atom is -0.348 e. The maximum absolute atomic E-state index is 12.3. The summed E-state index contributed by atoms with van der Waals surface area (Å²) < 4.78 is 0. The number of amides is 2. The van der Waals surface area contributed by atoms with Crippen LogP contribution in [0.3, 0.4) is 0 Å². The number of nitrogens with one attached hydrogen (secondary N) is 1. The summed E-state index contributed by atoms with van der Waals surface area (Å²) in [5, 5.41) is 2.87. The van der Waals surface area contributed by atoms with Crippen molar-refractivity contribution in [1.82, 2.24) is 15.2 Å². The lowest BCUT2D eigenvalue weighted by Crippen LogP contribution is -2.31. The molecule has 2 amide bonds. The molecule has 0 unspecified atom stereocenters. The van der Waals surface area contributed by atoms with Gasteiger partial charge in [-0.1, -0.05) is 29.8 Å². The van der Waals surface area contributed by atoms with Gasteiger partial charge in [0.25, 0.3) is 11.8 Å². The number of benzene rings is 1. The van der Waals surface area contributed by atoms with Gasteiger partial charge in [-0.25, -0.2) is 0 Å². The highest BCUT2D eigenvalue weighted by Gasteiger charge is 2.16. The first-order valence-electron chi connectivity index (χ1n) is 8.14. The van der Waals surface area contributed by atoms with Crippen molar-refractivity contribution in [2.24, 2.45) is 0 Å². The van der Waals surface area contributed by atoms with Crippen LogP contribution in [-0.4, -0.2) is 34.8 Å². The third kappa shape index (κ3) is 4.41. The average Bonchev–Trinajstić information content (AvgIpc) is 2.62. The van der Waals surface area contributed by atoms with Gasteiger partial charge in [0.1, 0.15) is 5.69 Å². The minimum atomic E-state index is -0.216. The fraction of sp³-hybridized carbons (Fsp3) is 0.316. The first-order valence-corrected chi connectivity index (χ1v) is 8.14. The van der Waals surface area contributed by atoms with Crippen molar-refractivity contribution >= 4 is 11.8 Å². The molecule has 126 valence electrons. The number of pyridine rings is 1. The van der Waals surface area contributed by atoms with Gasteiger partial charge >= 0.3 is 0 Å². The Morgan fingerprint density at radius 2 is 1.75 bits per heavy atom. The maximum Gasteiger partial charge on any atom is 0.272 e. The second-order valence-corrected chi connectivity index (χ2v) is 5.58. The molecule has 1 aromatic heterocycles. The molecule has 2 rings (SSSR count). The Morgan fingerprint density at radius 3 is 2.38 bits per heavy atom. The highest BCUT2D eigenvalue weighted by atomic mass is 16.2. The van der Waals surface area contributed by atoms with Gasteiger partial charge in [0.15, 0.2) is 0 Å². The fourth-order valence-corrected chi connectivity index (χ4v) is 2.35. The molecule has 1 aromatic carbocycles. The number of hydrogen-bond donors (Lipinski definition) is 1. The molecule has 1 N–H and O–H groups in total. The second kappa shape index (κ2) is 8.24. The van der Waals surface area contributed by atoms with Crippen molar-refractivity contribution in [3.8, 4) is 0 Å². The Morgan fingerprint density at radius 1 is 1.08 bits per heavy atom. The van der Waals surface area contributed by atoms with Crippen LogP contribution in [0.2, 0.25) is 0 Å². The van der Waals surface area contributed by atoms with Gasteiger partial charge in [-0.15, -0.1) is 0 Å². The summed E-state index contributed by atoms with van der Waals surface area (Å²) in [4.78, 5) is 30.4. The van der Waals surface area contributed by atoms with E-state index < -0.39 is 0 Å². The molecular formula is C19H23N3O2. The zero-order valence-corrected chi connectivity index (χ0v) is 14.4. The topological polar surface area (TPSA) is 62.3 Å². The third-order valence-corrected chi connectivity index (χ3v) is 3.87. The normalized spacial score (nSPS) is 10.3. The van der Waals surface area contributed by atoms with Crippen molar-refractivity contribution in [3.63, 3.8) is 0 Å². The number of rotatable bonds is 6. The molecule has 0 saturated heterocycles. The van der Waals surface area contributed by atoms with Crippen LogP contribution in [0.25, 0.3) is 0 Å².